The minimum atomic E-state index is -0.129. The van der Waals surface area contributed by atoms with Crippen LogP contribution in [0.3, 0.4) is 0 Å². The lowest BCUT2D eigenvalue weighted by Gasteiger charge is -2.05. The van der Waals surface area contributed by atoms with Crippen molar-refractivity contribution in [3.05, 3.63) is 46.7 Å². The molecule has 0 spiro atoms. The Balaban J connectivity index is 1.98. The molecule has 1 amide bonds. The molecule has 2 rings (SSSR count). The summed E-state index contributed by atoms with van der Waals surface area (Å²) >= 11 is 1.39. The summed E-state index contributed by atoms with van der Waals surface area (Å²) in [6.07, 6.45) is 0. The number of carbonyl (C=O) groups is 1. The van der Waals surface area contributed by atoms with Crippen molar-refractivity contribution in [1.82, 2.24) is 0 Å². The predicted octanol–water partition coefficient (Wildman–Crippen LogP) is 2.90. The summed E-state index contributed by atoms with van der Waals surface area (Å²) in [4.78, 5) is 12.4. The van der Waals surface area contributed by atoms with Crippen LogP contribution in [-0.2, 0) is 0 Å². The summed E-state index contributed by atoms with van der Waals surface area (Å²) in [5, 5.41) is 13.0. The number of rotatable bonds is 4. The van der Waals surface area contributed by atoms with E-state index in [0.29, 0.717) is 16.3 Å². The highest BCUT2D eigenvalue weighted by Gasteiger charge is 2.06. The van der Waals surface area contributed by atoms with Gasteiger partial charge in [0.25, 0.3) is 5.91 Å². The Morgan fingerprint density at radius 1 is 1.33 bits per heavy atom. The van der Waals surface area contributed by atoms with Crippen molar-refractivity contribution in [3.63, 3.8) is 0 Å². The number of carbonyl (C=O) groups excluding carboxylic acids is 1. The number of benzene rings is 1. The summed E-state index contributed by atoms with van der Waals surface area (Å²) in [5.74, 6) is 0.473. The number of hydrogen-bond acceptors (Lipinski definition) is 4. The highest BCUT2D eigenvalue weighted by atomic mass is 32.1. The SMILES string of the molecule is N#CCOc1ccc(NC(=O)c2cccs2)cc1. The number of hydrogen-bond donors (Lipinski definition) is 1. The maximum absolute atomic E-state index is 11.8. The van der Waals surface area contributed by atoms with Crippen LogP contribution in [0.15, 0.2) is 41.8 Å². The van der Waals surface area contributed by atoms with Crippen LogP contribution in [0.2, 0.25) is 0 Å². The van der Waals surface area contributed by atoms with Gasteiger partial charge in [-0.25, -0.2) is 0 Å². The summed E-state index contributed by atoms with van der Waals surface area (Å²) in [6, 6.07) is 12.4. The molecule has 1 aromatic heterocycles. The zero-order valence-corrected chi connectivity index (χ0v) is 10.2. The minimum absolute atomic E-state index is 0.0148. The number of thiophene rings is 1. The molecule has 4 nitrogen and oxygen atoms in total. The fourth-order valence-corrected chi connectivity index (χ4v) is 1.97. The largest absolute Gasteiger partial charge is 0.479 e. The Labute approximate surface area is 108 Å². The molecule has 0 aliphatic rings. The van der Waals surface area contributed by atoms with Gasteiger partial charge in [-0.3, -0.25) is 4.79 Å². The van der Waals surface area contributed by atoms with Gasteiger partial charge >= 0.3 is 0 Å². The van der Waals surface area contributed by atoms with Gasteiger partial charge in [-0.2, -0.15) is 5.26 Å². The van der Waals surface area contributed by atoms with Crippen LogP contribution >= 0.6 is 11.3 Å². The van der Waals surface area contributed by atoms with Crippen molar-refractivity contribution >= 4 is 22.9 Å². The standard InChI is InChI=1S/C13H10N2O2S/c14-7-8-17-11-5-3-10(4-6-11)15-13(16)12-2-1-9-18-12/h1-6,9H,8H2,(H,15,16). The molecule has 0 radical (unpaired) electrons. The van der Waals surface area contributed by atoms with E-state index >= 15 is 0 Å². The summed E-state index contributed by atoms with van der Waals surface area (Å²) < 4.78 is 5.12. The van der Waals surface area contributed by atoms with E-state index in [4.69, 9.17) is 10.00 Å². The molecule has 0 aliphatic carbocycles. The molecular weight excluding hydrogens is 248 g/mol. The van der Waals surface area contributed by atoms with Crippen LogP contribution in [0.5, 0.6) is 5.75 Å². The molecule has 0 bridgehead atoms. The molecule has 1 heterocycles. The van der Waals surface area contributed by atoms with E-state index in [1.807, 2.05) is 17.5 Å². The monoisotopic (exact) mass is 258 g/mol. The Bertz CT molecular complexity index is 556. The number of nitrogens with one attached hydrogen (secondary N) is 1. The summed E-state index contributed by atoms with van der Waals surface area (Å²) in [7, 11) is 0. The van der Waals surface area contributed by atoms with Crippen molar-refractivity contribution in [3.8, 4) is 11.8 Å². The maximum atomic E-state index is 11.8. The van der Waals surface area contributed by atoms with Crippen LogP contribution in [0.1, 0.15) is 9.67 Å². The lowest BCUT2D eigenvalue weighted by molar-refractivity contribution is 0.103. The van der Waals surface area contributed by atoms with Gasteiger partial charge in [-0.1, -0.05) is 6.07 Å². The van der Waals surface area contributed by atoms with Gasteiger partial charge in [-0.15, -0.1) is 11.3 Å². The first-order valence-electron chi connectivity index (χ1n) is 5.24. The quantitative estimate of drug-likeness (QED) is 0.917. The molecular formula is C13H10N2O2S. The Morgan fingerprint density at radius 3 is 2.72 bits per heavy atom. The van der Waals surface area contributed by atoms with E-state index in [1.54, 1.807) is 30.3 Å². The topological polar surface area (TPSA) is 62.1 Å². The second kappa shape index (κ2) is 5.84. The predicted molar refractivity (Wildman–Crippen MR) is 69.8 cm³/mol. The van der Waals surface area contributed by atoms with Gasteiger partial charge in [0.1, 0.15) is 11.8 Å². The molecule has 0 unspecified atom stereocenters. The average molecular weight is 258 g/mol. The Kier molecular flexibility index (Phi) is 3.94. The normalized spacial score (nSPS) is 9.50. The van der Waals surface area contributed by atoms with Crippen LogP contribution in [-0.4, -0.2) is 12.5 Å². The van der Waals surface area contributed by atoms with E-state index < -0.39 is 0 Å². The summed E-state index contributed by atoms with van der Waals surface area (Å²) in [6.45, 7) is 0.0148. The van der Waals surface area contributed by atoms with E-state index in [9.17, 15) is 4.79 Å². The molecule has 90 valence electrons. The number of nitriles is 1. The molecule has 2 aromatic rings. The zero-order valence-electron chi connectivity index (χ0n) is 9.42. The number of anilines is 1. The smallest absolute Gasteiger partial charge is 0.265 e. The number of nitrogens with zero attached hydrogens (tertiary/aromatic N) is 1. The van der Waals surface area contributed by atoms with Crippen LogP contribution in [0, 0.1) is 11.3 Å². The zero-order chi connectivity index (χ0) is 12.8. The van der Waals surface area contributed by atoms with Gasteiger partial charge < -0.3 is 10.1 Å². The van der Waals surface area contributed by atoms with Gasteiger partial charge in [0.05, 0.1) is 4.88 Å². The van der Waals surface area contributed by atoms with E-state index in [1.165, 1.54) is 11.3 Å². The van der Waals surface area contributed by atoms with E-state index in [0.717, 1.165) is 0 Å². The second-order valence-corrected chi connectivity index (χ2v) is 4.35. The molecule has 1 aromatic carbocycles. The van der Waals surface area contributed by atoms with Crippen LogP contribution < -0.4 is 10.1 Å². The fraction of sp³-hybridized carbons (Fsp3) is 0.0769. The van der Waals surface area contributed by atoms with Gasteiger partial charge in [-0.05, 0) is 35.7 Å². The third kappa shape index (κ3) is 3.09. The van der Waals surface area contributed by atoms with Crippen LogP contribution in [0.25, 0.3) is 0 Å². The Morgan fingerprint density at radius 2 is 2.11 bits per heavy atom. The first-order valence-corrected chi connectivity index (χ1v) is 6.12. The van der Waals surface area contributed by atoms with E-state index in [2.05, 4.69) is 5.32 Å². The first-order chi connectivity index (χ1) is 8.79. The van der Waals surface area contributed by atoms with Crippen LogP contribution in [0.4, 0.5) is 5.69 Å². The third-order valence-electron chi connectivity index (χ3n) is 2.16. The number of ether oxygens (including phenoxy) is 1. The lowest BCUT2D eigenvalue weighted by atomic mass is 10.3. The molecule has 18 heavy (non-hydrogen) atoms. The highest BCUT2D eigenvalue weighted by Crippen LogP contribution is 2.17. The molecule has 0 saturated heterocycles. The van der Waals surface area contributed by atoms with Crippen molar-refractivity contribution < 1.29 is 9.53 Å². The molecule has 0 atom stereocenters. The lowest BCUT2D eigenvalue weighted by Crippen LogP contribution is -2.09. The van der Waals surface area contributed by atoms with Gasteiger partial charge in [0.2, 0.25) is 0 Å². The molecule has 0 fully saturated rings. The Hall–Kier alpha value is -2.32. The molecule has 0 saturated carbocycles. The molecule has 5 heteroatoms. The van der Waals surface area contributed by atoms with Crippen molar-refractivity contribution in [2.75, 3.05) is 11.9 Å². The van der Waals surface area contributed by atoms with Crippen molar-refractivity contribution in [2.45, 2.75) is 0 Å². The van der Waals surface area contributed by atoms with Crippen molar-refractivity contribution in [1.29, 1.82) is 5.26 Å². The maximum Gasteiger partial charge on any atom is 0.265 e. The molecule has 1 N–H and O–H groups in total. The highest BCUT2D eigenvalue weighted by molar-refractivity contribution is 7.12. The first kappa shape index (κ1) is 12.1. The summed E-state index contributed by atoms with van der Waals surface area (Å²) in [5.41, 5.74) is 0.692. The van der Waals surface area contributed by atoms with Gasteiger partial charge in [0.15, 0.2) is 6.61 Å². The average Bonchev–Trinajstić information content (AvgIpc) is 2.92. The van der Waals surface area contributed by atoms with Crippen molar-refractivity contribution in [2.24, 2.45) is 0 Å². The van der Waals surface area contributed by atoms with Gasteiger partial charge in [0, 0.05) is 5.69 Å². The second-order valence-electron chi connectivity index (χ2n) is 3.40. The number of amides is 1. The van der Waals surface area contributed by atoms with E-state index in [-0.39, 0.29) is 12.5 Å². The fourth-order valence-electron chi connectivity index (χ4n) is 1.35. The third-order valence-corrected chi connectivity index (χ3v) is 3.03. The minimum Gasteiger partial charge on any atom is -0.479 e. The molecule has 0 aliphatic heterocycles.